The number of rotatable bonds is 3. The van der Waals surface area contributed by atoms with Gasteiger partial charge in [0.25, 0.3) is 5.91 Å². The summed E-state index contributed by atoms with van der Waals surface area (Å²) in [4.78, 5) is 27.0. The SMILES string of the molecule is COc1cn(-c2ccccc2)nc1C(=O)N1CCCN(C)c2nc3ccccc3nc21. The number of anilines is 2. The largest absolute Gasteiger partial charge is 0.493 e. The van der Waals surface area contributed by atoms with Gasteiger partial charge in [0.1, 0.15) is 0 Å². The Morgan fingerprint density at radius 2 is 1.61 bits per heavy atom. The quantitative estimate of drug-likeness (QED) is 0.512. The van der Waals surface area contributed by atoms with Gasteiger partial charge in [0, 0.05) is 20.1 Å². The summed E-state index contributed by atoms with van der Waals surface area (Å²) < 4.78 is 7.15. The molecule has 0 saturated heterocycles. The lowest BCUT2D eigenvalue weighted by Crippen LogP contribution is -2.33. The Kier molecular flexibility index (Phi) is 4.74. The normalized spacial score (nSPS) is 13.7. The van der Waals surface area contributed by atoms with Gasteiger partial charge in [-0.1, -0.05) is 30.3 Å². The van der Waals surface area contributed by atoms with E-state index < -0.39 is 0 Å². The second-order valence-electron chi connectivity index (χ2n) is 7.42. The number of ether oxygens (including phenoxy) is 1. The lowest BCUT2D eigenvalue weighted by atomic mass is 10.3. The van der Waals surface area contributed by atoms with Crippen LogP contribution in [0.2, 0.25) is 0 Å². The monoisotopic (exact) mass is 414 g/mol. The van der Waals surface area contributed by atoms with Gasteiger partial charge in [-0.05, 0) is 30.7 Å². The molecule has 8 nitrogen and oxygen atoms in total. The van der Waals surface area contributed by atoms with E-state index in [9.17, 15) is 4.79 Å². The number of hydrogen-bond acceptors (Lipinski definition) is 6. The van der Waals surface area contributed by atoms with Crippen LogP contribution in [0.15, 0.2) is 60.8 Å². The van der Waals surface area contributed by atoms with Gasteiger partial charge in [0.2, 0.25) is 0 Å². The van der Waals surface area contributed by atoms with Crippen molar-refractivity contribution in [3.63, 3.8) is 0 Å². The second-order valence-corrected chi connectivity index (χ2v) is 7.42. The fourth-order valence-electron chi connectivity index (χ4n) is 3.79. The number of hydrogen-bond donors (Lipinski definition) is 0. The molecular weight excluding hydrogens is 392 g/mol. The summed E-state index contributed by atoms with van der Waals surface area (Å²) in [6.07, 6.45) is 2.51. The summed E-state index contributed by atoms with van der Waals surface area (Å²) in [5.74, 6) is 1.39. The molecule has 0 spiro atoms. The van der Waals surface area contributed by atoms with Crippen molar-refractivity contribution in [2.75, 3.05) is 37.0 Å². The van der Waals surface area contributed by atoms with Gasteiger partial charge in [-0.25, -0.2) is 14.6 Å². The fourth-order valence-corrected chi connectivity index (χ4v) is 3.79. The van der Waals surface area contributed by atoms with Gasteiger partial charge in [0.15, 0.2) is 23.1 Å². The number of fused-ring (bicyclic) bond motifs is 2. The first-order valence-electron chi connectivity index (χ1n) is 10.1. The van der Waals surface area contributed by atoms with Crippen LogP contribution in [-0.2, 0) is 0 Å². The highest BCUT2D eigenvalue weighted by atomic mass is 16.5. The Hall–Kier alpha value is -3.94. The molecule has 2 aromatic carbocycles. The van der Waals surface area contributed by atoms with E-state index in [0.29, 0.717) is 23.9 Å². The molecule has 0 radical (unpaired) electrons. The minimum Gasteiger partial charge on any atom is -0.493 e. The van der Waals surface area contributed by atoms with Crippen molar-refractivity contribution in [2.24, 2.45) is 0 Å². The van der Waals surface area contributed by atoms with E-state index in [0.717, 1.165) is 29.7 Å². The highest BCUT2D eigenvalue weighted by Crippen LogP contribution is 2.32. The number of amides is 1. The second kappa shape index (κ2) is 7.71. The molecular formula is C23H22N6O2. The number of methoxy groups -OCH3 is 1. The first-order valence-corrected chi connectivity index (χ1v) is 10.1. The molecule has 156 valence electrons. The summed E-state index contributed by atoms with van der Waals surface area (Å²) in [7, 11) is 3.52. The minimum atomic E-state index is -0.257. The van der Waals surface area contributed by atoms with Crippen molar-refractivity contribution in [3.8, 4) is 11.4 Å². The van der Waals surface area contributed by atoms with E-state index in [-0.39, 0.29) is 11.6 Å². The third-order valence-corrected chi connectivity index (χ3v) is 5.40. The van der Waals surface area contributed by atoms with Crippen LogP contribution >= 0.6 is 0 Å². The summed E-state index contributed by atoms with van der Waals surface area (Å²) in [6.45, 7) is 1.30. The van der Waals surface area contributed by atoms with E-state index in [1.165, 1.54) is 0 Å². The average molecular weight is 414 g/mol. The maximum atomic E-state index is 13.7. The summed E-state index contributed by atoms with van der Waals surface area (Å²) in [5.41, 5.74) is 2.64. The molecule has 0 atom stereocenters. The van der Waals surface area contributed by atoms with E-state index in [1.54, 1.807) is 22.9 Å². The van der Waals surface area contributed by atoms with Gasteiger partial charge in [-0.3, -0.25) is 9.69 Å². The third-order valence-electron chi connectivity index (χ3n) is 5.40. The molecule has 1 aliphatic heterocycles. The van der Waals surface area contributed by atoms with Crippen LogP contribution in [0, 0.1) is 0 Å². The van der Waals surface area contributed by atoms with Crippen LogP contribution in [0.1, 0.15) is 16.9 Å². The molecule has 0 fully saturated rings. The van der Waals surface area contributed by atoms with Crippen molar-refractivity contribution in [3.05, 3.63) is 66.5 Å². The molecule has 0 unspecified atom stereocenters. The molecule has 0 saturated carbocycles. The van der Waals surface area contributed by atoms with Crippen molar-refractivity contribution in [2.45, 2.75) is 6.42 Å². The van der Waals surface area contributed by atoms with Crippen LogP contribution < -0.4 is 14.5 Å². The molecule has 31 heavy (non-hydrogen) atoms. The predicted molar refractivity (Wildman–Crippen MR) is 119 cm³/mol. The number of aromatic nitrogens is 4. The number of carbonyl (C=O) groups is 1. The van der Waals surface area contributed by atoms with Crippen LogP contribution in [0.4, 0.5) is 11.6 Å². The molecule has 3 heterocycles. The lowest BCUT2D eigenvalue weighted by Gasteiger charge is -2.22. The molecule has 0 aliphatic carbocycles. The van der Waals surface area contributed by atoms with Crippen molar-refractivity contribution in [1.82, 2.24) is 19.7 Å². The Balaban J connectivity index is 1.61. The Labute approximate surface area is 179 Å². The van der Waals surface area contributed by atoms with Gasteiger partial charge in [-0.2, -0.15) is 5.10 Å². The zero-order valence-corrected chi connectivity index (χ0v) is 17.4. The number of benzene rings is 2. The highest BCUT2D eigenvalue weighted by Gasteiger charge is 2.31. The maximum absolute atomic E-state index is 13.7. The van der Waals surface area contributed by atoms with Crippen LogP contribution in [0.3, 0.4) is 0 Å². The molecule has 0 N–H and O–H groups in total. The molecule has 8 heteroatoms. The number of carbonyl (C=O) groups excluding carboxylic acids is 1. The predicted octanol–water partition coefficient (Wildman–Crippen LogP) is 3.31. The third kappa shape index (κ3) is 3.35. The highest BCUT2D eigenvalue weighted by molar-refractivity contribution is 6.08. The molecule has 1 aliphatic rings. The van der Waals surface area contributed by atoms with Crippen molar-refractivity contribution >= 4 is 28.6 Å². The smallest absolute Gasteiger partial charge is 0.283 e. The first kappa shape index (κ1) is 19.0. The topological polar surface area (TPSA) is 76.4 Å². The molecule has 4 aromatic rings. The molecule has 2 aromatic heterocycles. The Bertz CT molecular complexity index is 1250. The molecule has 5 rings (SSSR count). The van der Waals surface area contributed by atoms with Gasteiger partial charge < -0.3 is 9.64 Å². The summed E-state index contributed by atoms with van der Waals surface area (Å²) in [5, 5.41) is 4.55. The molecule has 1 amide bonds. The van der Waals surface area contributed by atoms with Crippen LogP contribution in [-0.4, -0.2) is 52.9 Å². The van der Waals surface area contributed by atoms with Crippen molar-refractivity contribution in [1.29, 1.82) is 0 Å². The maximum Gasteiger partial charge on any atom is 0.283 e. The fraction of sp³-hybridized carbons (Fsp3) is 0.217. The van der Waals surface area contributed by atoms with E-state index >= 15 is 0 Å². The van der Waals surface area contributed by atoms with Crippen LogP contribution in [0.25, 0.3) is 16.7 Å². The van der Waals surface area contributed by atoms with E-state index in [4.69, 9.17) is 14.7 Å². The standard InChI is InChI=1S/C23H22N6O2/c1-27-13-8-14-28(22-21(27)24-17-11-6-7-12-18(17)25-22)23(30)20-19(31-2)15-29(26-20)16-9-4-3-5-10-16/h3-7,9-12,15H,8,13-14H2,1-2H3. The van der Waals surface area contributed by atoms with Gasteiger partial charge in [-0.15, -0.1) is 0 Å². The Morgan fingerprint density at radius 1 is 0.935 bits per heavy atom. The van der Waals surface area contributed by atoms with Gasteiger partial charge in [0.05, 0.1) is 30.0 Å². The zero-order valence-electron chi connectivity index (χ0n) is 17.4. The van der Waals surface area contributed by atoms with Crippen molar-refractivity contribution < 1.29 is 9.53 Å². The Morgan fingerprint density at radius 3 is 2.32 bits per heavy atom. The van der Waals surface area contributed by atoms with Crippen LogP contribution in [0.5, 0.6) is 5.75 Å². The molecule has 0 bridgehead atoms. The number of para-hydroxylation sites is 3. The van der Waals surface area contributed by atoms with E-state index in [2.05, 4.69) is 5.10 Å². The van der Waals surface area contributed by atoms with E-state index in [1.807, 2.05) is 66.5 Å². The number of nitrogens with zero attached hydrogens (tertiary/aromatic N) is 6. The average Bonchev–Trinajstić information content (AvgIpc) is 3.19. The summed E-state index contributed by atoms with van der Waals surface area (Å²) >= 11 is 0. The lowest BCUT2D eigenvalue weighted by molar-refractivity contribution is 0.0978. The minimum absolute atomic E-state index is 0.247. The zero-order chi connectivity index (χ0) is 21.4. The summed E-state index contributed by atoms with van der Waals surface area (Å²) in [6, 6.07) is 17.3. The first-order chi connectivity index (χ1) is 15.2. The van der Waals surface area contributed by atoms with Gasteiger partial charge >= 0.3 is 0 Å².